The minimum absolute atomic E-state index is 0.222. The molecule has 0 aliphatic heterocycles. The zero-order chi connectivity index (χ0) is 14.0. The number of halogens is 1. The molecular formula is C15H20FN3. The highest BCUT2D eigenvalue weighted by Crippen LogP contribution is 2.20. The first-order chi connectivity index (χ1) is 8.97. The maximum absolute atomic E-state index is 13.7. The predicted octanol–water partition coefficient (Wildman–Crippen LogP) is 3.60. The smallest absolute Gasteiger partial charge is 0.146 e. The Hall–Kier alpha value is -1.84. The molecule has 0 saturated heterocycles. The van der Waals surface area contributed by atoms with Crippen LogP contribution in [-0.4, -0.2) is 9.78 Å². The Labute approximate surface area is 113 Å². The van der Waals surface area contributed by atoms with Gasteiger partial charge in [-0.2, -0.15) is 5.10 Å². The number of hydrogen-bond donors (Lipinski definition) is 1. The molecule has 0 aliphatic carbocycles. The van der Waals surface area contributed by atoms with Gasteiger partial charge in [-0.15, -0.1) is 0 Å². The number of aromatic nitrogens is 2. The fourth-order valence-electron chi connectivity index (χ4n) is 2.14. The van der Waals surface area contributed by atoms with Crippen molar-refractivity contribution in [2.45, 2.75) is 33.2 Å². The molecule has 0 amide bonds. The average molecular weight is 261 g/mol. The molecule has 0 aliphatic rings. The van der Waals surface area contributed by atoms with Crippen molar-refractivity contribution in [2.24, 2.45) is 7.05 Å². The first kappa shape index (κ1) is 13.6. The van der Waals surface area contributed by atoms with E-state index >= 15 is 0 Å². The molecule has 1 aromatic heterocycles. The van der Waals surface area contributed by atoms with Crippen LogP contribution in [0.25, 0.3) is 0 Å². The Balaban J connectivity index is 2.16. The van der Waals surface area contributed by atoms with E-state index in [9.17, 15) is 4.39 Å². The summed E-state index contributed by atoms with van der Waals surface area (Å²) in [7, 11) is 1.91. The third kappa shape index (κ3) is 3.13. The van der Waals surface area contributed by atoms with Gasteiger partial charge in [0.25, 0.3) is 0 Å². The Morgan fingerprint density at radius 3 is 2.79 bits per heavy atom. The topological polar surface area (TPSA) is 29.9 Å². The van der Waals surface area contributed by atoms with Crippen LogP contribution in [0.1, 0.15) is 36.6 Å². The van der Waals surface area contributed by atoms with Gasteiger partial charge in [-0.25, -0.2) is 4.39 Å². The second kappa shape index (κ2) is 5.43. The highest BCUT2D eigenvalue weighted by Gasteiger charge is 2.11. The molecule has 0 spiro atoms. The standard InChI is InChI=1S/C15H20FN3/c1-10(2)15-12(9-19(4)18-15)8-17-14-7-11(3)5-6-13(14)16/h5-7,9-10,17H,8H2,1-4H3. The van der Waals surface area contributed by atoms with E-state index in [-0.39, 0.29) is 5.82 Å². The summed E-state index contributed by atoms with van der Waals surface area (Å²) in [6.07, 6.45) is 1.98. The van der Waals surface area contributed by atoms with Crippen molar-refractivity contribution in [2.75, 3.05) is 5.32 Å². The van der Waals surface area contributed by atoms with Crippen LogP contribution in [0.5, 0.6) is 0 Å². The van der Waals surface area contributed by atoms with Gasteiger partial charge in [-0.3, -0.25) is 4.68 Å². The van der Waals surface area contributed by atoms with Crippen LogP contribution in [-0.2, 0) is 13.6 Å². The normalized spacial score (nSPS) is 11.1. The summed E-state index contributed by atoms with van der Waals surface area (Å²) in [5, 5.41) is 7.60. The van der Waals surface area contributed by atoms with E-state index in [1.54, 1.807) is 10.7 Å². The molecule has 3 nitrogen and oxygen atoms in total. The molecule has 4 heteroatoms. The number of aryl methyl sites for hydroxylation is 2. The lowest BCUT2D eigenvalue weighted by molar-refractivity contribution is 0.629. The molecule has 2 aromatic rings. The molecule has 19 heavy (non-hydrogen) atoms. The second-order valence-electron chi connectivity index (χ2n) is 5.20. The van der Waals surface area contributed by atoms with Crippen LogP contribution < -0.4 is 5.32 Å². The molecular weight excluding hydrogens is 241 g/mol. The zero-order valence-electron chi connectivity index (χ0n) is 11.9. The summed E-state index contributed by atoms with van der Waals surface area (Å²) >= 11 is 0. The number of nitrogens with zero attached hydrogens (tertiary/aromatic N) is 2. The highest BCUT2D eigenvalue weighted by molar-refractivity contribution is 5.47. The van der Waals surface area contributed by atoms with Crippen LogP contribution in [0, 0.1) is 12.7 Å². The van der Waals surface area contributed by atoms with Gasteiger partial charge in [-0.05, 0) is 30.5 Å². The molecule has 0 bridgehead atoms. The van der Waals surface area contributed by atoms with E-state index in [2.05, 4.69) is 24.3 Å². The van der Waals surface area contributed by atoms with Crippen molar-refractivity contribution < 1.29 is 4.39 Å². The van der Waals surface area contributed by atoms with E-state index in [4.69, 9.17) is 0 Å². The summed E-state index contributed by atoms with van der Waals surface area (Å²) in [5.41, 5.74) is 3.75. The van der Waals surface area contributed by atoms with Gasteiger partial charge in [0.1, 0.15) is 5.82 Å². The minimum atomic E-state index is -0.222. The van der Waals surface area contributed by atoms with Crippen molar-refractivity contribution in [1.82, 2.24) is 9.78 Å². The van der Waals surface area contributed by atoms with Gasteiger partial charge in [0.15, 0.2) is 0 Å². The first-order valence-corrected chi connectivity index (χ1v) is 6.50. The lowest BCUT2D eigenvalue weighted by atomic mass is 10.1. The molecule has 102 valence electrons. The summed E-state index contributed by atoms with van der Waals surface area (Å²) < 4.78 is 15.5. The Morgan fingerprint density at radius 2 is 2.11 bits per heavy atom. The molecule has 1 N–H and O–H groups in total. The Morgan fingerprint density at radius 1 is 1.37 bits per heavy atom. The number of rotatable bonds is 4. The molecule has 0 radical (unpaired) electrons. The third-order valence-corrected chi connectivity index (χ3v) is 3.08. The fraction of sp³-hybridized carbons (Fsp3) is 0.400. The van der Waals surface area contributed by atoms with E-state index in [0.717, 1.165) is 16.8 Å². The minimum Gasteiger partial charge on any atom is -0.378 e. The molecule has 1 heterocycles. The quantitative estimate of drug-likeness (QED) is 0.911. The van der Waals surface area contributed by atoms with Crippen molar-refractivity contribution in [3.05, 3.63) is 47.0 Å². The number of anilines is 1. The second-order valence-corrected chi connectivity index (χ2v) is 5.20. The number of hydrogen-bond acceptors (Lipinski definition) is 2. The third-order valence-electron chi connectivity index (χ3n) is 3.08. The zero-order valence-corrected chi connectivity index (χ0v) is 11.9. The van der Waals surface area contributed by atoms with Crippen molar-refractivity contribution in [3.63, 3.8) is 0 Å². The first-order valence-electron chi connectivity index (χ1n) is 6.50. The lowest BCUT2D eigenvalue weighted by Gasteiger charge is -2.09. The number of benzene rings is 1. The maximum Gasteiger partial charge on any atom is 0.146 e. The van der Waals surface area contributed by atoms with Crippen LogP contribution in [0.3, 0.4) is 0 Å². The summed E-state index contributed by atoms with van der Waals surface area (Å²) in [5.74, 6) is 0.140. The summed E-state index contributed by atoms with van der Waals surface area (Å²) in [6, 6.07) is 5.08. The maximum atomic E-state index is 13.7. The van der Waals surface area contributed by atoms with Crippen LogP contribution in [0.15, 0.2) is 24.4 Å². The SMILES string of the molecule is Cc1ccc(F)c(NCc2cn(C)nc2C(C)C)c1. The Bertz CT molecular complexity index is 573. The molecule has 0 atom stereocenters. The van der Waals surface area contributed by atoms with E-state index in [1.807, 2.05) is 26.2 Å². The van der Waals surface area contributed by atoms with E-state index in [0.29, 0.717) is 18.2 Å². The molecule has 2 rings (SSSR count). The highest BCUT2D eigenvalue weighted by atomic mass is 19.1. The predicted molar refractivity (Wildman–Crippen MR) is 75.8 cm³/mol. The molecule has 0 fully saturated rings. The van der Waals surface area contributed by atoms with Gasteiger partial charge in [0.05, 0.1) is 11.4 Å². The molecule has 0 saturated carbocycles. The van der Waals surface area contributed by atoms with Crippen molar-refractivity contribution in [1.29, 1.82) is 0 Å². The molecule has 0 unspecified atom stereocenters. The van der Waals surface area contributed by atoms with Crippen LogP contribution >= 0.6 is 0 Å². The largest absolute Gasteiger partial charge is 0.378 e. The van der Waals surface area contributed by atoms with E-state index in [1.165, 1.54) is 6.07 Å². The van der Waals surface area contributed by atoms with Gasteiger partial charge in [0, 0.05) is 25.4 Å². The lowest BCUT2D eigenvalue weighted by Crippen LogP contribution is -2.04. The fourth-order valence-corrected chi connectivity index (χ4v) is 2.14. The van der Waals surface area contributed by atoms with Gasteiger partial charge < -0.3 is 5.32 Å². The molecule has 1 aromatic carbocycles. The summed E-state index contributed by atoms with van der Waals surface area (Å²) in [6.45, 7) is 6.76. The van der Waals surface area contributed by atoms with Gasteiger partial charge in [-0.1, -0.05) is 19.9 Å². The van der Waals surface area contributed by atoms with Crippen molar-refractivity contribution in [3.8, 4) is 0 Å². The van der Waals surface area contributed by atoms with Crippen molar-refractivity contribution >= 4 is 5.69 Å². The number of nitrogens with one attached hydrogen (secondary N) is 1. The van der Waals surface area contributed by atoms with Gasteiger partial charge >= 0.3 is 0 Å². The van der Waals surface area contributed by atoms with Crippen LogP contribution in [0.4, 0.5) is 10.1 Å². The Kier molecular flexibility index (Phi) is 3.88. The van der Waals surface area contributed by atoms with E-state index < -0.39 is 0 Å². The summed E-state index contributed by atoms with van der Waals surface area (Å²) in [4.78, 5) is 0. The van der Waals surface area contributed by atoms with Crippen LogP contribution in [0.2, 0.25) is 0 Å². The average Bonchev–Trinajstić information content (AvgIpc) is 2.72. The van der Waals surface area contributed by atoms with Gasteiger partial charge in [0.2, 0.25) is 0 Å². The monoisotopic (exact) mass is 261 g/mol.